The van der Waals surface area contributed by atoms with E-state index in [1.807, 2.05) is 0 Å². The van der Waals surface area contributed by atoms with Gasteiger partial charge in [0.15, 0.2) is 6.17 Å². The standard InChI is InChI=1S/C18H15ClF3N3O3/c1-10(23)15-24(11-6-3-2-4-7-11)16(26)14-12(19)8-5-9-13(14)25(15)28-17(27)18(20,21)22/h2-10,15H,23H2,1H3. The number of anilines is 2. The van der Waals surface area contributed by atoms with Gasteiger partial charge in [0.2, 0.25) is 0 Å². The molecule has 0 radical (unpaired) electrons. The van der Waals surface area contributed by atoms with Gasteiger partial charge in [-0.05, 0) is 31.2 Å². The smallest absolute Gasteiger partial charge is 0.330 e. The van der Waals surface area contributed by atoms with E-state index in [0.29, 0.717) is 10.8 Å². The molecule has 6 nitrogen and oxygen atoms in total. The highest BCUT2D eigenvalue weighted by molar-refractivity contribution is 6.35. The van der Waals surface area contributed by atoms with Gasteiger partial charge in [-0.15, -0.1) is 0 Å². The molecule has 3 rings (SSSR count). The molecule has 2 N–H and O–H groups in total. The average molecular weight is 414 g/mol. The van der Waals surface area contributed by atoms with Gasteiger partial charge in [-0.3, -0.25) is 9.69 Å². The van der Waals surface area contributed by atoms with Crippen molar-refractivity contribution in [1.29, 1.82) is 0 Å². The third-order valence-electron chi connectivity index (χ3n) is 4.08. The van der Waals surface area contributed by atoms with E-state index in [2.05, 4.69) is 4.84 Å². The van der Waals surface area contributed by atoms with Crippen molar-refractivity contribution in [2.75, 3.05) is 9.96 Å². The SMILES string of the molecule is CC(N)C1N(OC(=O)C(F)(F)F)c2cccc(Cl)c2C(=O)N1c1ccccc1. The second kappa shape index (κ2) is 7.33. The highest BCUT2D eigenvalue weighted by Gasteiger charge is 2.48. The Bertz CT molecular complexity index is 906. The minimum Gasteiger partial charge on any atom is -0.330 e. The normalized spacial score (nSPS) is 17.9. The lowest BCUT2D eigenvalue weighted by molar-refractivity contribution is -0.202. The van der Waals surface area contributed by atoms with E-state index in [-0.39, 0.29) is 16.3 Å². The molecule has 0 saturated heterocycles. The summed E-state index contributed by atoms with van der Waals surface area (Å²) >= 11 is 6.14. The van der Waals surface area contributed by atoms with Crippen molar-refractivity contribution in [2.45, 2.75) is 25.3 Å². The van der Waals surface area contributed by atoms with Gasteiger partial charge in [0, 0.05) is 11.7 Å². The Morgan fingerprint density at radius 3 is 2.39 bits per heavy atom. The van der Waals surface area contributed by atoms with Crippen LogP contribution in [0.15, 0.2) is 48.5 Å². The molecule has 0 saturated carbocycles. The van der Waals surface area contributed by atoms with E-state index in [9.17, 15) is 22.8 Å². The lowest BCUT2D eigenvalue weighted by atomic mass is 10.0. The number of carbonyl (C=O) groups is 2. The van der Waals surface area contributed by atoms with Crippen molar-refractivity contribution in [3.63, 3.8) is 0 Å². The first-order chi connectivity index (χ1) is 13.1. The minimum atomic E-state index is -5.24. The summed E-state index contributed by atoms with van der Waals surface area (Å²) < 4.78 is 38.5. The number of amides is 1. The summed E-state index contributed by atoms with van der Waals surface area (Å²) in [5.41, 5.74) is 6.16. The third kappa shape index (κ3) is 3.50. The number of halogens is 4. The summed E-state index contributed by atoms with van der Waals surface area (Å²) in [6.45, 7) is 1.48. The highest BCUT2D eigenvalue weighted by atomic mass is 35.5. The summed E-state index contributed by atoms with van der Waals surface area (Å²) in [4.78, 5) is 30.5. The Morgan fingerprint density at radius 1 is 1.18 bits per heavy atom. The van der Waals surface area contributed by atoms with Crippen LogP contribution < -0.4 is 15.7 Å². The van der Waals surface area contributed by atoms with E-state index < -0.39 is 30.3 Å². The zero-order chi connectivity index (χ0) is 20.6. The number of alkyl halides is 3. The van der Waals surface area contributed by atoms with Gasteiger partial charge in [-0.1, -0.05) is 35.9 Å². The Balaban J connectivity index is 2.20. The Hall–Kier alpha value is -2.78. The van der Waals surface area contributed by atoms with Crippen molar-refractivity contribution < 1.29 is 27.6 Å². The van der Waals surface area contributed by atoms with Crippen molar-refractivity contribution in [1.82, 2.24) is 0 Å². The Labute approximate surface area is 163 Å². The molecule has 28 heavy (non-hydrogen) atoms. The Morgan fingerprint density at radius 2 is 1.82 bits per heavy atom. The van der Waals surface area contributed by atoms with Crippen molar-refractivity contribution in [2.24, 2.45) is 5.73 Å². The van der Waals surface area contributed by atoms with Gasteiger partial charge in [0.25, 0.3) is 5.91 Å². The molecule has 0 aliphatic carbocycles. The number of rotatable bonds is 3. The van der Waals surface area contributed by atoms with E-state index in [1.54, 1.807) is 30.3 Å². The van der Waals surface area contributed by atoms with Gasteiger partial charge >= 0.3 is 12.1 Å². The quantitative estimate of drug-likeness (QED) is 0.833. The van der Waals surface area contributed by atoms with Crippen LogP contribution in [0.3, 0.4) is 0 Å². The Kier molecular flexibility index (Phi) is 5.22. The van der Waals surface area contributed by atoms with Gasteiger partial charge < -0.3 is 10.6 Å². The molecule has 0 aromatic heterocycles. The molecule has 1 aliphatic rings. The number of hydrogen-bond donors (Lipinski definition) is 1. The summed E-state index contributed by atoms with van der Waals surface area (Å²) in [5.74, 6) is -3.01. The molecule has 0 bridgehead atoms. The first kappa shape index (κ1) is 20.0. The van der Waals surface area contributed by atoms with Gasteiger partial charge in [0.1, 0.15) is 0 Å². The largest absolute Gasteiger partial charge is 0.493 e. The van der Waals surface area contributed by atoms with Crippen molar-refractivity contribution >= 4 is 34.9 Å². The van der Waals surface area contributed by atoms with Crippen molar-refractivity contribution in [3.8, 4) is 0 Å². The second-order valence-electron chi connectivity index (χ2n) is 6.12. The fourth-order valence-electron chi connectivity index (χ4n) is 2.95. The third-order valence-corrected chi connectivity index (χ3v) is 4.40. The number of benzene rings is 2. The molecule has 1 heterocycles. The van der Waals surface area contributed by atoms with Crippen LogP contribution in [-0.2, 0) is 9.63 Å². The molecule has 0 spiro atoms. The maximum atomic E-state index is 13.2. The average Bonchev–Trinajstić information content (AvgIpc) is 2.63. The number of para-hydroxylation sites is 1. The molecule has 2 aromatic carbocycles. The molecule has 0 fully saturated rings. The lowest BCUT2D eigenvalue weighted by Crippen LogP contribution is -2.63. The first-order valence-electron chi connectivity index (χ1n) is 8.14. The zero-order valence-electron chi connectivity index (χ0n) is 14.5. The fraction of sp³-hybridized carbons (Fsp3) is 0.222. The van der Waals surface area contributed by atoms with E-state index in [4.69, 9.17) is 17.3 Å². The molecule has 2 atom stereocenters. The van der Waals surface area contributed by atoms with Crippen LogP contribution in [0.2, 0.25) is 5.02 Å². The minimum absolute atomic E-state index is 0.000358. The maximum absolute atomic E-state index is 13.2. The van der Waals surface area contributed by atoms with Crippen LogP contribution in [0, 0.1) is 0 Å². The van der Waals surface area contributed by atoms with Gasteiger partial charge in [-0.2, -0.15) is 18.2 Å². The zero-order valence-corrected chi connectivity index (χ0v) is 15.2. The molecule has 2 aromatic rings. The van der Waals surface area contributed by atoms with Gasteiger partial charge in [0.05, 0.1) is 16.3 Å². The number of hydrogen-bond acceptors (Lipinski definition) is 5. The summed E-state index contributed by atoms with van der Waals surface area (Å²) in [6, 6.07) is 11.5. The van der Waals surface area contributed by atoms with Crippen LogP contribution in [0.5, 0.6) is 0 Å². The second-order valence-corrected chi connectivity index (χ2v) is 6.53. The van der Waals surface area contributed by atoms with E-state index in [1.165, 1.54) is 25.1 Å². The fourth-order valence-corrected chi connectivity index (χ4v) is 3.20. The number of nitrogens with two attached hydrogens (primary N) is 1. The molecular weight excluding hydrogens is 399 g/mol. The number of nitrogens with zero attached hydrogens (tertiary/aromatic N) is 2. The summed E-state index contributed by atoms with van der Waals surface area (Å²) in [5, 5.41) is 0.690. The highest BCUT2D eigenvalue weighted by Crippen LogP contribution is 2.39. The van der Waals surface area contributed by atoms with Crippen LogP contribution in [0.25, 0.3) is 0 Å². The van der Waals surface area contributed by atoms with E-state index >= 15 is 0 Å². The van der Waals surface area contributed by atoms with Crippen LogP contribution >= 0.6 is 11.6 Å². The molecule has 1 aliphatic heterocycles. The molecule has 2 unspecified atom stereocenters. The molecule has 10 heteroatoms. The van der Waals surface area contributed by atoms with E-state index in [0.717, 1.165) is 4.90 Å². The van der Waals surface area contributed by atoms with Crippen LogP contribution in [-0.4, -0.2) is 30.3 Å². The van der Waals surface area contributed by atoms with Crippen LogP contribution in [0.4, 0.5) is 24.5 Å². The maximum Gasteiger partial charge on any atom is 0.493 e. The molecule has 148 valence electrons. The van der Waals surface area contributed by atoms with Crippen LogP contribution in [0.1, 0.15) is 17.3 Å². The lowest BCUT2D eigenvalue weighted by Gasteiger charge is -2.45. The topological polar surface area (TPSA) is 75.9 Å². The predicted molar refractivity (Wildman–Crippen MR) is 96.8 cm³/mol. The molecule has 1 amide bonds. The number of carbonyl (C=O) groups excluding carboxylic acids is 2. The number of fused-ring (bicyclic) bond motifs is 1. The predicted octanol–water partition coefficient (Wildman–Crippen LogP) is 3.50. The monoisotopic (exact) mass is 413 g/mol. The summed E-state index contributed by atoms with van der Waals surface area (Å²) in [6.07, 6.45) is -6.47. The number of hydroxylamine groups is 1. The van der Waals surface area contributed by atoms with Crippen molar-refractivity contribution in [3.05, 3.63) is 59.1 Å². The first-order valence-corrected chi connectivity index (χ1v) is 8.51. The summed E-state index contributed by atoms with van der Waals surface area (Å²) in [7, 11) is 0. The molecular formula is C18H15ClF3N3O3. The van der Waals surface area contributed by atoms with Gasteiger partial charge in [-0.25, -0.2) is 4.79 Å².